The van der Waals surface area contributed by atoms with Gasteiger partial charge >= 0.3 is 0 Å². The summed E-state index contributed by atoms with van der Waals surface area (Å²) in [6.45, 7) is 3.39. The van der Waals surface area contributed by atoms with Gasteiger partial charge in [-0.3, -0.25) is 9.88 Å². The first kappa shape index (κ1) is 15.5. The molecule has 1 aliphatic heterocycles. The first-order chi connectivity index (χ1) is 11.9. The Balaban J connectivity index is 1.37. The molecule has 0 N–H and O–H groups in total. The summed E-state index contributed by atoms with van der Waals surface area (Å²) in [4.78, 5) is 8.34. The minimum absolute atomic E-state index is 0.681. The highest BCUT2D eigenvalue weighted by Gasteiger charge is 2.21. The number of benzene rings is 1. The zero-order valence-corrected chi connectivity index (χ0v) is 14.5. The predicted molar refractivity (Wildman–Crippen MR) is 99.0 cm³/mol. The van der Waals surface area contributed by atoms with E-state index in [1.54, 1.807) is 11.5 Å². The lowest BCUT2D eigenvalue weighted by molar-refractivity contribution is 0.206. The van der Waals surface area contributed by atoms with Crippen LogP contribution in [0.5, 0.6) is 0 Å². The third kappa shape index (κ3) is 3.55. The van der Waals surface area contributed by atoms with Crippen LogP contribution in [0.1, 0.15) is 29.2 Å². The molecule has 2 aromatic heterocycles. The normalized spacial score (nSPS) is 16.3. The van der Waals surface area contributed by atoms with Gasteiger partial charge < -0.3 is 0 Å². The Bertz CT molecular complexity index is 745. The zero-order valence-electron chi connectivity index (χ0n) is 13.6. The van der Waals surface area contributed by atoms with Crippen LogP contribution in [-0.4, -0.2) is 27.3 Å². The van der Waals surface area contributed by atoms with Crippen LogP contribution in [0.4, 0.5) is 0 Å². The fraction of sp³-hybridized carbons (Fsp3) is 0.300. The summed E-state index contributed by atoms with van der Waals surface area (Å²) in [5.74, 6) is 0.681. The topological polar surface area (TPSA) is 29.0 Å². The third-order valence-corrected chi connectivity index (χ3v) is 5.53. The molecule has 1 saturated heterocycles. The van der Waals surface area contributed by atoms with Crippen molar-refractivity contribution in [1.82, 2.24) is 14.3 Å². The van der Waals surface area contributed by atoms with Crippen LogP contribution in [0.2, 0.25) is 0 Å². The molecule has 3 heterocycles. The highest BCUT2D eigenvalue weighted by molar-refractivity contribution is 7.05. The van der Waals surface area contributed by atoms with Crippen LogP contribution in [-0.2, 0) is 6.54 Å². The molecule has 1 fully saturated rings. The van der Waals surface area contributed by atoms with Crippen molar-refractivity contribution in [3.8, 4) is 11.3 Å². The number of pyridine rings is 1. The van der Waals surface area contributed by atoms with Crippen molar-refractivity contribution in [2.75, 3.05) is 13.1 Å². The molecule has 122 valence electrons. The van der Waals surface area contributed by atoms with Crippen LogP contribution in [0, 0.1) is 0 Å². The summed E-state index contributed by atoms with van der Waals surface area (Å²) in [6.07, 6.45) is 6.22. The van der Waals surface area contributed by atoms with Gasteiger partial charge in [0, 0.05) is 29.4 Å². The van der Waals surface area contributed by atoms with Crippen molar-refractivity contribution in [2.45, 2.75) is 25.3 Å². The molecule has 0 amide bonds. The van der Waals surface area contributed by atoms with E-state index in [4.69, 9.17) is 0 Å². The number of rotatable bonds is 4. The summed E-state index contributed by atoms with van der Waals surface area (Å²) >= 11 is 1.62. The van der Waals surface area contributed by atoms with Gasteiger partial charge in [-0.25, -0.2) is 4.37 Å². The Labute approximate surface area is 147 Å². The van der Waals surface area contributed by atoms with E-state index in [-0.39, 0.29) is 0 Å². The van der Waals surface area contributed by atoms with E-state index in [0.29, 0.717) is 5.92 Å². The molecule has 0 radical (unpaired) electrons. The van der Waals surface area contributed by atoms with E-state index >= 15 is 0 Å². The van der Waals surface area contributed by atoms with Crippen molar-refractivity contribution >= 4 is 11.5 Å². The first-order valence-corrected chi connectivity index (χ1v) is 9.29. The minimum atomic E-state index is 0.681. The van der Waals surface area contributed by atoms with E-state index in [1.165, 1.54) is 41.9 Å². The van der Waals surface area contributed by atoms with Crippen LogP contribution >= 0.6 is 11.5 Å². The van der Waals surface area contributed by atoms with Crippen molar-refractivity contribution in [2.24, 2.45) is 0 Å². The van der Waals surface area contributed by atoms with Gasteiger partial charge in [-0.15, -0.1) is 0 Å². The molecular weight excluding hydrogens is 314 g/mol. The molecule has 3 aromatic rings. The monoisotopic (exact) mass is 335 g/mol. The second-order valence-corrected chi connectivity index (χ2v) is 7.28. The lowest BCUT2D eigenvalue weighted by Crippen LogP contribution is -2.32. The maximum Gasteiger partial charge on any atom is 0.0701 e. The predicted octanol–water partition coefficient (Wildman–Crippen LogP) is 4.58. The summed E-state index contributed by atoms with van der Waals surface area (Å²) in [7, 11) is 0. The van der Waals surface area contributed by atoms with Gasteiger partial charge in [0.25, 0.3) is 0 Å². The van der Waals surface area contributed by atoms with Crippen molar-refractivity contribution < 1.29 is 0 Å². The molecule has 0 atom stereocenters. The van der Waals surface area contributed by atoms with E-state index in [1.807, 2.05) is 24.5 Å². The Morgan fingerprint density at radius 2 is 1.79 bits per heavy atom. The molecular formula is C20H21N3S. The Kier molecular flexibility index (Phi) is 4.67. The molecule has 1 aliphatic rings. The molecule has 0 bridgehead atoms. The van der Waals surface area contributed by atoms with Gasteiger partial charge in [-0.05, 0) is 67.1 Å². The second kappa shape index (κ2) is 7.24. The quantitative estimate of drug-likeness (QED) is 0.698. The Hall–Kier alpha value is -2.04. The van der Waals surface area contributed by atoms with Crippen molar-refractivity contribution in [1.29, 1.82) is 0 Å². The SMILES string of the molecule is c1ccc(-c2ccc(C3CCN(Cc4ccns4)CC3)cc2)nc1. The van der Waals surface area contributed by atoms with Crippen LogP contribution < -0.4 is 0 Å². The molecule has 0 aliphatic carbocycles. The Morgan fingerprint density at radius 1 is 0.958 bits per heavy atom. The summed E-state index contributed by atoms with van der Waals surface area (Å²) in [5, 5.41) is 0. The number of nitrogens with zero attached hydrogens (tertiary/aromatic N) is 3. The van der Waals surface area contributed by atoms with Gasteiger partial charge in [0.1, 0.15) is 0 Å². The molecule has 1 aromatic carbocycles. The van der Waals surface area contributed by atoms with Crippen LogP contribution in [0.15, 0.2) is 60.9 Å². The maximum atomic E-state index is 4.43. The van der Waals surface area contributed by atoms with Gasteiger partial charge in [-0.2, -0.15) is 0 Å². The van der Waals surface area contributed by atoms with Gasteiger partial charge in [0.05, 0.1) is 5.69 Å². The van der Waals surface area contributed by atoms with Crippen molar-refractivity contribution in [3.05, 3.63) is 71.4 Å². The molecule has 0 unspecified atom stereocenters. The van der Waals surface area contributed by atoms with Crippen LogP contribution in [0.25, 0.3) is 11.3 Å². The number of piperidine rings is 1. The smallest absolute Gasteiger partial charge is 0.0701 e. The lowest BCUT2D eigenvalue weighted by Gasteiger charge is -2.31. The number of likely N-dealkylation sites (tertiary alicyclic amines) is 1. The van der Waals surface area contributed by atoms with Crippen molar-refractivity contribution in [3.63, 3.8) is 0 Å². The number of aromatic nitrogens is 2. The molecule has 0 saturated carbocycles. The number of hydrogen-bond donors (Lipinski definition) is 0. The average molecular weight is 335 g/mol. The molecule has 0 spiro atoms. The van der Waals surface area contributed by atoms with E-state index in [2.05, 4.69) is 50.7 Å². The summed E-state index contributed by atoms with van der Waals surface area (Å²) < 4.78 is 4.19. The van der Waals surface area contributed by atoms with Gasteiger partial charge in [-0.1, -0.05) is 30.3 Å². The minimum Gasteiger partial charge on any atom is -0.298 e. The highest BCUT2D eigenvalue weighted by Crippen LogP contribution is 2.30. The average Bonchev–Trinajstić information content (AvgIpc) is 3.16. The maximum absolute atomic E-state index is 4.43. The fourth-order valence-electron chi connectivity index (χ4n) is 3.43. The highest BCUT2D eigenvalue weighted by atomic mass is 32.1. The zero-order chi connectivity index (χ0) is 16.2. The van der Waals surface area contributed by atoms with Gasteiger partial charge in [0.2, 0.25) is 0 Å². The van der Waals surface area contributed by atoms with E-state index in [0.717, 1.165) is 12.2 Å². The number of hydrogen-bond acceptors (Lipinski definition) is 4. The van der Waals surface area contributed by atoms with E-state index in [9.17, 15) is 0 Å². The lowest BCUT2D eigenvalue weighted by atomic mass is 9.89. The standard InChI is InChI=1S/C20H21N3S/c1-2-11-21-20(3-1)18-6-4-16(5-7-18)17-9-13-23(14-10-17)15-19-8-12-22-24-19/h1-8,11-12,17H,9-10,13-15H2. The third-order valence-electron chi connectivity index (χ3n) is 4.80. The van der Waals surface area contributed by atoms with Gasteiger partial charge in [0.15, 0.2) is 0 Å². The fourth-order valence-corrected chi connectivity index (χ4v) is 4.05. The second-order valence-electron chi connectivity index (χ2n) is 6.37. The van der Waals surface area contributed by atoms with Crippen LogP contribution in [0.3, 0.4) is 0 Å². The molecule has 3 nitrogen and oxygen atoms in total. The van der Waals surface area contributed by atoms with E-state index < -0.39 is 0 Å². The molecule has 4 rings (SSSR count). The summed E-state index contributed by atoms with van der Waals surface area (Å²) in [6, 6.07) is 17.2. The largest absolute Gasteiger partial charge is 0.298 e. The Morgan fingerprint density at radius 3 is 2.46 bits per heavy atom. The summed E-state index contributed by atoms with van der Waals surface area (Å²) in [5.41, 5.74) is 3.71. The first-order valence-electron chi connectivity index (χ1n) is 8.52. The molecule has 4 heteroatoms. The molecule has 24 heavy (non-hydrogen) atoms.